The van der Waals surface area contributed by atoms with Crippen LogP contribution in [-0.2, 0) is 4.74 Å². The second-order valence-corrected chi connectivity index (χ2v) is 3.58. The minimum absolute atomic E-state index is 0.555. The summed E-state index contributed by atoms with van der Waals surface area (Å²) >= 11 is 3.39. The normalized spacial score (nSPS) is 15.1. The van der Waals surface area contributed by atoms with Gasteiger partial charge in [-0.3, -0.25) is 0 Å². The largest absolute Gasteiger partial charge is 0.384 e. The number of ether oxygens (including phenoxy) is 1. The Balaban J connectivity index is 3.69. The van der Waals surface area contributed by atoms with Crippen LogP contribution in [0.4, 0.5) is 0 Å². The van der Waals surface area contributed by atoms with Gasteiger partial charge in [-0.2, -0.15) is 0 Å². The highest BCUT2D eigenvalue weighted by molar-refractivity contribution is 9.09. The standard InChI is InChI=1S/C9H17BrO/c1-8(5-4-6-10)9(2)7-11-3/h5,9H,4,6-7H2,1-3H3. The van der Waals surface area contributed by atoms with Crippen LogP contribution in [0.1, 0.15) is 20.3 Å². The molecule has 1 unspecified atom stereocenters. The predicted molar refractivity (Wildman–Crippen MR) is 53.2 cm³/mol. The van der Waals surface area contributed by atoms with Crippen molar-refractivity contribution in [1.82, 2.24) is 0 Å². The first kappa shape index (κ1) is 11.2. The zero-order chi connectivity index (χ0) is 8.69. The molecule has 0 aromatic rings. The average Bonchev–Trinajstić information content (AvgIpc) is 2.00. The molecule has 0 heterocycles. The molecule has 0 aromatic heterocycles. The van der Waals surface area contributed by atoms with E-state index >= 15 is 0 Å². The van der Waals surface area contributed by atoms with Crippen LogP contribution < -0.4 is 0 Å². The number of alkyl halides is 1. The first-order chi connectivity index (χ1) is 5.22. The monoisotopic (exact) mass is 220 g/mol. The molecule has 0 bridgehead atoms. The molecule has 66 valence electrons. The number of allylic oxidation sites excluding steroid dienone is 1. The Bertz CT molecular complexity index is 121. The molecule has 0 spiro atoms. The summed E-state index contributed by atoms with van der Waals surface area (Å²) in [6, 6.07) is 0. The lowest BCUT2D eigenvalue weighted by molar-refractivity contribution is 0.172. The lowest BCUT2D eigenvalue weighted by Gasteiger charge is -2.10. The third-order valence-electron chi connectivity index (χ3n) is 1.77. The second-order valence-electron chi connectivity index (χ2n) is 2.78. The average molecular weight is 221 g/mol. The maximum absolute atomic E-state index is 5.05. The van der Waals surface area contributed by atoms with Crippen molar-refractivity contribution in [2.75, 3.05) is 19.0 Å². The molecule has 2 heteroatoms. The summed E-state index contributed by atoms with van der Waals surface area (Å²) < 4.78 is 5.05. The molecule has 0 aromatic carbocycles. The summed E-state index contributed by atoms with van der Waals surface area (Å²) in [6.07, 6.45) is 3.37. The van der Waals surface area contributed by atoms with Crippen molar-refractivity contribution in [2.24, 2.45) is 5.92 Å². The fourth-order valence-electron chi connectivity index (χ4n) is 0.865. The van der Waals surface area contributed by atoms with Crippen LogP contribution in [0.3, 0.4) is 0 Å². The Kier molecular flexibility index (Phi) is 6.98. The molecular formula is C9H17BrO. The molecule has 0 amide bonds. The highest BCUT2D eigenvalue weighted by Crippen LogP contribution is 2.10. The highest BCUT2D eigenvalue weighted by atomic mass is 79.9. The van der Waals surface area contributed by atoms with Gasteiger partial charge in [0.15, 0.2) is 0 Å². The van der Waals surface area contributed by atoms with Gasteiger partial charge >= 0.3 is 0 Å². The van der Waals surface area contributed by atoms with E-state index in [9.17, 15) is 0 Å². The molecule has 0 aliphatic heterocycles. The molecule has 0 saturated heterocycles. The van der Waals surface area contributed by atoms with Crippen molar-refractivity contribution < 1.29 is 4.74 Å². The van der Waals surface area contributed by atoms with Crippen molar-refractivity contribution in [2.45, 2.75) is 20.3 Å². The number of halogens is 1. The molecule has 0 aliphatic carbocycles. The van der Waals surface area contributed by atoms with E-state index in [1.165, 1.54) is 5.57 Å². The molecule has 0 saturated carbocycles. The van der Waals surface area contributed by atoms with E-state index in [4.69, 9.17) is 4.74 Å². The van der Waals surface area contributed by atoms with Gasteiger partial charge < -0.3 is 4.74 Å². The minimum Gasteiger partial charge on any atom is -0.384 e. The van der Waals surface area contributed by atoms with Crippen LogP contribution in [0.25, 0.3) is 0 Å². The van der Waals surface area contributed by atoms with Gasteiger partial charge in [0.2, 0.25) is 0 Å². The van der Waals surface area contributed by atoms with Crippen LogP contribution in [0.2, 0.25) is 0 Å². The van der Waals surface area contributed by atoms with Crippen molar-refractivity contribution in [3.8, 4) is 0 Å². The van der Waals surface area contributed by atoms with Gasteiger partial charge in [-0.25, -0.2) is 0 Å². The molecule has 0 rings (SSSR count). The van der Waals surface area contributed by atoms with Crippen LogP contribution in [0.15, 0.2) is 11.6 Å². The maximum Gasteiger partial charge on any atom is 0.0524 e. The van der Waals surface area contributed by atoms with Gasteiger partial charge in [0, 0.05) is 18.4 Å². The van der Waals surface area contributed by atoms with Crippen LogP contribution in [0, 0.1) is 5.92 Å². The smallest absolute Gasteiger partial charge is 0.0524 e. The summed E-state index contributed by atoms with van der Waals surface area (Å²) in [5.74, 6) is 0.555. The van der Waals surface area contributed by atoms with Crippen molar-refractivity contribution in [3.63, 3.8) is 0 Å². The third-order valence-corrected chi connectivity index (χ3v) is 2.23. The fourth-order valence-corrected chi connectivity index (χ4v) is 1.09. The maximum atomic E-state index is 5.05. The van der Waals surface area contributed by atoms with E-state index in [-0.39, 0.29) is 0 Å². The van der Waals surface area contributed by atoms with E-state index in [0.717, 1.165) is 18.4 Å². The summed E-state index contributed by atoms with van der Waals surface area (Å²) in [5, 5.41) is 1.05. The minimum atomic E-state index is 0.555. The quantitative estimate of drug-likeness (QED) is 0.512. The summed E-state index contributed by atoms with van der Waals surface area (Å²) in [7, 11) is 1.74. The summed E-state index contributed by atoms with van der Waals surface area (Å²) in [4.78, 5) is 0. The molecule has 0 radical (unpaired) electrons. The van der Waals surface area contributed by atoms with E-state index in [1.807, 2.05) is 0 Å². The number of rotatable bonds is 5. The van der Waals surface area contributed by atoms with Gasteiger partial charge in [-0.05, 0) is 13.3 Å². The zero-order valence-corrected chi connectivity index (χ0v) is 9.15. The molecule has 1 atom stereocenters. The first-order valence-electron chi connectivity index (χ1n) is 3.94. The van der Waals surface area contributed by atoms with Crippen molar-refractivity contribution in [1.29, 1.82) is 0 Å². The van der Waals surface area contributed by atoms with Crippen molar-refractivity contribution >= 4 is 15.9 Å². The Morgan fingerprint density at radius 3 is 2.73 bits per heavy atom. The molecular weight excluding hydrogens is 204 g/mol. The lowest BCUT2D eigenvalue weighted by Crippen LogP contribution is -2.04. The lowest BCUT2D eigenvalue weighted by atomic mass is 10.0. The van der Waals surface area contributed by atoms with E-state index in [2.05, 4.69) is 35.9 Å². The Labute approximate surface area is 78.0 Å². The van der Waals surface area contributed by atoms with Gasteiger partial charge in [0.05, 0.1) is 6.61 Å². The number of hydrogen-bond donors (Lipinski definition) is 0. The van der Waals surface area contributed by atoms with Gasteiger partial charge in [-0.1, -0.05) is 34.5 Å². The molecule has 1 nitrogen and oxygen atoms in total. The summed E-state index contributed by atoms with van der Waals surface area (Å²) in [6.45, 7) is 5.17. The van der Waals surface area contributed by atoms with E-state index < -0.39 is 0 Å². The van der Waals surface area contributed by atoms with Gasteiger partial charge in [-0.15, -0.1) is 0 Å². The number of methoxy groups -OCH3 is 1. The molecule has 0 aliphatic rings. The van der Waals surface area contributed by atoms with Crippen LogP contribution >= 0.6 is 15.9 Å². The second kappa shape index (κ2) is 6.86. The zero-order valence-electron chi connectivity index (χ0n) is 7.56. The topological polar surface area (TPSA) is 9.23 Å². The Morgan fingerprint density at radius 1 is 1.64 bits per heavy atom. The van der Waals surface area contributed by atoms with Gasteiger partial charge in [0.1, 0.15) is 0 Å². The third kappa shape index (κ3) is 5.45. The molecule has 0 fully saturated rings. The van der Waals surface area contributed by atoms with E-state index in [0.29, 0.717) is 5.92 Å². The molecule has 11 heavy (non-hydrogen) atoms. The molecule has 0 N–H and O–H groups in total. The van der Waals surface area contributed by atoms with Crippen molar-refractivity contribution in [3.05, 3.63) is 11.6 Å². The number of hydrogen-bond acceptors (Lipinski definition) is 1. The Morgan fingerprint density at radius 2 is 2.27 bits per heavy atom. The first-order valence-corrected chi connectivity index (χ1v) is 5.06. The summed E-state index contributed by atoms with van der Waals surface area (Å²) in [5.41, 5.74) is 1.42. The van der Waals surface area contributed by atoms with E-state index in [1.54, 1.807) is 7.11 Å². The van der Waals surface area contributed by atoms with Gasteiger partial charge in [0.25, 0.3) is 0 Å². The Hall–Kier alpha value is 0.180. The SMILES string of the molecule is COCC(C)C(C)=CCCBr. The van der Waals surface area contributed by atoms with Crippen LogP contribution in [-0.4, -0.2) is 19.0 Å². The predicted octanol–water partition coefficient (Wildman–Crippen LogP) is 3.00. The fraction of sp³-hybridized carbons (Fsp3) is 0.778. The highest BCUT2D eigenvalue weighted by Gasteiger charge is 2.01. The van der Waals surface area contributed by atoms with Crippen LogP contribution in [0.5, 0.6) is 0 Å².